The molecular formula is C16H27N3O2. The lowest BCUT2D eigenvalue weighted by Crippen LogP contribution is -2.37. The van der Waals surface area contributed by atoms with Gasteiger partial charge in [0.2, 0.25) is 0 Å². The van der Waals surface area contributed by atoms with Crippen molar-refractivity contribution in [3.63, 3.8) is 0 Å². The Bertz CT molecular complexity index is 463. The first kappa shape index (κ1) is 16.2. The Hall–Kier alpha value is -1.20. The zero-order valence-electron chi connectivity index (χ0n) is 13.6. The second-order valence-corrected chi connectivity index (χ2v) is 5.88. The molecule has 0 bridgehead atoms. The predicted octanol–water partition coefficient (Wildman–Crippen LogP) is 3.11. The summed E-state index contributed by atoms with van der Waals surface area (Å²) >= 11 is 0. The quantitative estimate of drug-likeness (QED) is 0.873. The maximum absolute atomic E-state index is 6.17. The number of anilines is 1. The topological polar surface area (TPSA) is 56.3 Å². The fraction of sp³-hybridized carbons (Fsp3) is 0.750. The first-order valence-corrected chi connectivity index (χ1v) is 7.82. The van der Waals surface area contributed by atoms with E-state index in [-0.39, 0.29) is 5.60 Å². The van der Waals surface area contributed by atoms with Crippen molar-refractivity contribution in [1.82, 2.24) is 9.97 Å². The minimum Gasteiger partial charge on any atom is -0.378 e. The van der Waals surface area contributed by atoms with Crippen LogP contribution in [0.4, 0.5) is 5.82 Å². The molecule has 0 aromatic carbocycles. The molecule has 21 heavy (non-hydrogen) atoms. The standard InChI is InChI=1S/C16H27N3O2/c1-5-21-16(8-6-7-12(2)10-16)15-18-13(11-20-4)9-14(17-3)19-15/h9,12H,5-8,10-11H2,1-4H3,(H,17,18,19). The van der Waals surface area contributed by atoms with Gasteiger partial charge < -0.3 is 14.8 Å². The summed E-state index contributed by atoms with van der Waals surface area (Å²) in [6.45, 7) is 5.49. The van der Waals surface area contributed by atoms with Gasteiger partial charge in [0.25, 0.3) is 0 Å². The van der Waals surface area contributed by atoms with Crippen LogP contribution in [0, 0.1) is 5.92 Å². The Morgan fingerprint density at radius 1 is 1.43 bits per heavy atom. The summed E-state index contributed by atoms with van der Waals surface area (Å²) in [5.74, 6) is 2.26. The lowest BCUT2D eigenvalue weighted by molar-refractivity contribution is -0.0882. The lowest BCUT2D eigenvalue weighted by Gasteiger charge is -2.38. The van der Waals surface area contributed by atoms with Crippen LogP contribution in [-0.4, -0.2) is 30.7 Å². The normalized spacial score (nSPS) is 25.8. The number of aromatic nitrogens is 2. The smallest absolute Gasteiger partial charge is 0.162 e. The SMILES string of the molecule is CCOC1(c2nc(COC)cc(NC)n2)CCCC(C)C1. The van der Waals surface area contributed by atoms with Gasteiger partial charge in [-0.1, -0.05) is 13.3 Å². The van der Waals surface area contributed by atoms with E-state index in [0.29, 0.717) is 19.1 Å². The number of hydrogen-bond acceptors (Lipinski definition) is 5. The fourth-order valence-corrected chi connectivity index (χ4v) is 3.23. The molecule has 2 atom stereocenters. The molecule has 1 fully saturated rings. The number of ether oxygens (including phenoxy) is 2. The largest absolute Gasteiger partial charge is 0.378 e. The molecule has 1 N–H and O–H groups in total. The van der Waals surface area contributed by atoms with Crippen LogP contribution in [0.25, 0.3) is 0 Å². The van der Waals surface area contributed by atoms with Crippen LogP contribution < -0.4 is 5.32 Å². The van der Waals surface area contributed by atoms with Crippen molar-refractivity contribution in [1.29, 1.82) is 0 Å². The van der Waals surface area contributed by atoms with Gasteiger partial charge in [-0.2, -0.15) is 0 Å². The molecule has 0 aliphatic heterocycles. The van der Waals surface area contributed by atoms with Crippen molar-refractivity contribution in [2.75, 3.05) is 26.1 Å². The van der Waals surface area contributed by atoms with E-state index in [0.717, 1.165) is 36.6 Å². The summed E-state index contributed by atoms with van der Waals surface area (Å²) in [7, 11) is 3.56. The monoisotopic (exact) mass is 293 g/mol. The molecule has 118 valence electrons. The zero-order valence-corrected chi connectivity index (χ0v) is 13.6. The van der Waals surface area contributed by atoms with E-state index in [9.17, 15) is 0 Å². The minimum atomic E-state index is -0.345. The second kappa shape index (κ2) is 7.18. The number of nitrogens with one attached hydrogen (secondary N) is 1. The summed E-state index contributed by atoms with van der Waals surface area (Å²) < 4.78 is 11.4. The van der Waals surface area contributed by atoms with Gasteiger partial charge in [-0.15, -0.1) is 0 Å². The molecule has 1 saturated carbocycles. The molecule has 1 aromatic heterocycles. The van der Waals surface area contributed by atoms with Gasteiger partial charge in [-0.3, -0.25) is 0 Å². The summed E-state index contributed by atoms with van der Waals surface area (Å²) in [6.07, 6.45) is 4.39. The molecule has 2 rings (SSSR count). The molecule has 1 heterocycles. The number of methoxy groups -OCH3 is 1. The Labute approximate surface area is 127 Å². The third kappa shape index (κ3) is 3.71. The molecule has 1 aliphatic rings. The molecule has 5 heteroatoms. The molecule has 0 saturated heterocycles. The van der Waals surface area contributed by atoms with Crippen LogP contribution in [0.15, 0.2) is 6.07 Å². The van der Waals surface area contributed by atoms with E-state index in [2.05, 4.69) is 17.2 Å². The molecular weight excluding hydrogens is 266 g/mol. The number of hydrogen-bond donors (Lipinski definition) is 1. The highest BCUT2D eigenvalue weighted by Gasteiger charge is 2.40. The van der Waals surface area contributed by atoms with E-state index in [4.69, 9.17) is 14.5 Å². The maximum Gasteiger partial charge on any atom is 0.162 e. The highest BCUT2D eigenvalue weighted by molar-refractivity contribution is 5.36. The average Bonchev–Trinajstić information content (AvgIpc) is 2.47. The van der Waals surface area contributed by atoms with Crippen molar-refractivity contribution in [2.45, 2.75) is 51.7 Å². The maximum atomic E-state index is 6.17. The van der Waals surface area contributed by atoms with Crippen LogP contribution in [0.2, 0.25) is 0 Å². The van der Waals surface area contributed by atoms with E-state index < -0.39 is 0 Å². The third-order valence-corrected chi connectivity index (χ3v) is 4.11. The Balaban J connectivity index is 2.40. The first-order chi connectivity index (χ1) is 10.1. The van der Waals surface area contributed by atoms with Crippen molar-refractivity contribution in [3.05, 3.63) is 17.6 Å². The molecule has 1 aromatic rings. The molecule has 0 radical (unpaired) electrons. The van der Waals surface area contributed by atoms with E-state index in [1.165, 1.54) is 6.42 Å². The van der Waals surface area contributed by atoms with Gasteiger partial charge >= 0.3 is 0 Å². The molecule has 0 amide bonds. The lowest BCUT2D eigenvalue weighted by atomic mass is 9.78. The van der Waals surface area contributed by atoms with Gasteiger partial charge in [0.05, 0.1) is 12.3 Å². The number of nitrogens with zero attached hydrogens (tertiary/aromatic N) is 2. The Morgan fingerprint density at radius 3 is 2.86 bits per heavy atom. The van der Waals surface area contributed by atoms with Crippen molar-refractivity contribution in [2.24, 2.45) is 5.92 Å². The van der Waals surface area contributed by atoms with Gasteiger partial charge in [0.15, 0.2) is 5.82 Å². The Kier molecular flexibility index (Phi) is 5.53. The van der Waals surface area contributed by atoms with Crippen molar-refractivity contribution in [3.8, 4) is 0 Å². The predicted molar refractivity (Wildman–Crippen MR) is 83.2 cm³/mol. The van der Waals surface area contributed by atoms with Crippen molar-refractivity contribution < 1.29 is 9.47 Å². The van der Waals surface area contributed by atoms with E-state index >= 15 is 0 Å². The van der Waals surface area contributed by atoms with Crippen molar-refractivity contribution >= 4 is 5.82 Å². The minimum absolute atomic E-state index is 0.345. The highest BCUT2D eigenvalue weighted by atomic mass is 16.5. The molecule has 5 nitrogen and oxygen atoms in total. The summed E-state index contributed by atoms with van der Waals surface area (Å²) in [5.41, 5.74) is 0.547. The fourth-order valence-electron chi connectivity index (χ4n) is 3.23. The van der Waals surface area contributed by atoms with Crippen LogP contribution in [0.3, 0.4) is 0 Å². The van der Waals surface area contributed by atoms with E-state index in [1.54, 1.807) is 7.11 Å². The highest BCUT2D eigenvalue weighted by Crippen LogP contribution is 2.41. The zero-order chi connectivity index (χ0) is 15.3. The van der Waals surface area contributed by atoms with Crippen LogP contribution in [0.1, 0.15) is 51.0 Å². The third-order valence-electron chi connectivity index (χ3n) is 4.11. The van der Waals surface area contributed by atoms with Crippen LogP contribution >= 0.6 is 0 Å². The van der Waals surface area contributed by atoms with E-state index in [1.807, 2.05) is 20.0 Å². The summed E-state index contributed by atoms with van der Waals surface area (Å²) in [6, 6.07) is 1.93. The van der Waals surface area contributed by atoms with Gasteiger partial charge in [0.1, 0.15) is 11.4 Å². The van der Waals surface area contributed by atoms with Crippen LogP contribution in [-0.2, 0) is 21.7 Å². The Morgan fingerprint density at radius 2 is 2.24 bits per heavy atom. The first-order valence-electron chi connectivity index (χ1n) is 7.82. The summed E-state index contributed by atoms with van der Waals surface area (Å²) in [5, 5.41) is 3.11. The molecule has 0 spiro atoms. The van der Waals surface area contributed by atoms with Gasteiger partial charge in [-0.25, -0.2) is 9.97 Å². The second-order valence-electron chi connectivity index (χ2n) is 5.88. The molecule has 1 aliphatic carbocycles. The van der Waals surface area contributed by atoms with Crippen LogP contribution in [0.5, 0.6) is 0 Å². The molecule has 2 unspecified atom stereocenters. The van der Waals surface area contributed by atoms with Gasteiger partial charge in [-0.05, 0) is 32.1 Å². The number of rotatable bonds is 6. The average molecular weight is 293 g/mol. The van der Waals surface area contributed by atoms with Gasteiger partial charge in [0, 0.05) is 26.8 Å². The summed E-state index contributed by atoms with van der Waals surface area (Å²) in [4.78, 5) is 9.40.